The van der Waals surface area contributed by atoms with E-state index in [1.807, 2.05) is 12.4 Å². The van der Waals surface area contributed by atoms with E-state index in [2.05, 4.69) is 63.0 Å². The van der Waals surface area contributed by atoms with E-state index in [-0.39, 0.29) is 11.2 Å². The van der Waals surface area contributed by atoms with Gasteiger partial charge in [0, 0.05) is 12.4 Å². The lowest BCUT2D eigenvalue weighted by atomic mass is 9.55. The summed E-state index contributed by atoms with van der Waals surface area (Å²) in [4.78, 5) is 4.25. The fraction of sp³-hybridized carbons (Fsp3) is 0.633. The van der Waals surface area contributed by atoms with Crippen LogP contribution in [0.1, 0.15) is 83.3 Å². The molecule has 7 atom stereocenters. The summed E-state index contributed by atoms with van der Waals surface area (Å²) < 4.78 is 7.34. The summed E-state index contributed by atoms with van der Waals surface area (Å²) in [6.07, 6.45) is 24.0. The molecule has 2 spiro atoms. The van der Waals surface area contributed by atoms with Crippen molar-refractivity contribution in [3.63, 3.8) is 0 Å². The minimum Gasteiger partial charge on any atom is -0.359 e. The van der Waals surface area contributed by atoms with Gasteiger partial charge < -0.3 is 4.74 Å². The highest BCUT2D eigenvalue weighted by atomic mass is 16.5. The number of hydrogen-bond acceptors (Lipinski definition) is 2. The van der Waals surface area contributed by atoms with Crippen LogP contribution in [0.5, 0.6) is 0 Å². The molecule has 6 rings (SSSR count). The van der Waals surface area contributed by atoms with Gasteiger partial charge in [0.25, 0.3) is 0 Å². The van der Waals surface area contributed by atoms with Crippen molar-refractivity contribution in [3.05, 3.63) is 59.0 Å². The zero-order valence-electron chi connectivity index (χ0n) is 20.4. The number of hydrogen-bond donors (Lipinski definition) is 0. The van der Waals surface area contributed by atoms with Crippen LogP contribution in [0.2, 0.25) is 0 Å². The molecule has 0 amide bonds. The molecule has 7 unspecified atom stereocenters. The van der Waals surface area contributed by atoms with Crippen molar-refractivity contribution in [2.45, 2.75) is 90.3 Å². The Hall–Kier alpha value is -1.67. The van der Waals surface area contributed by atoms with Gasteiger partial charge in [-0.15, -0.1) is 0 Å². The van der Waals surface area contributed by atoms with Gasteiger partial charge in [0.2, 0.25) is 0 Å². The Kier molecular flexibility index (Phi) is 4.68. The zero-order valence-corrected chi connectivity index (χ0v) is 20.4. The van der Waals surface area contributed by atoms with E-state index in [0.29, 0.717) is 17.3 Å². The molecule has 2 saturated carbocycles. The molecule has 3 heterocycles. The molecule has 2 aliphatic heterocycles. The third kappa shape index (κ3) is 2.84. The van der Waals surface area contributed by atoms with Gasteiger partial charge in [0.1, 0.15) is 0 Å². The van der Waals surface area contributed by atoms with Crippen molar-refractivity contribution < 1.29 is 4.74 Å². The molecule has 170 valence electrons. The maximum Gasteiger partial charge on any atom is 0.0944 e. The number of ether oxygens (including phenoxy) is 1. The van der Waals surface area contributed by atoms with Crippen LogP contribution in [0.4, 0.5) is 0 Å². The lowest BCUT2D eigenvalue weighted by Gasteiger charge is -2.56. The first-order valence-electron chi connectivity index (χ1n) is 13.1. The van der Waals surface area contributed by atoms with E-state index in [1.165, 1.54) is 68.1 Å². The van der Waals surface area contributed by atoms with E-state index in [4.69, 9.17) is 4.74 Å². The van der Waals surface area contributed by atoms with Crippen molar-refractivity contribution in [1.82, 2.24) is 4.98 Å². The normalized spacial score (nSPS) is 43.3. The van der Waals surface area contributed by atoms with Gasteiger partial charge in [-0.3, -0.25) is 4.98 Å². The second kappa shape index (κ2) is 7.16. The zero-order chi connectivity index (χ0) is 22.1. The molecule has 0 radical (unpaired) electrons. The summed E-state index contributed by atoms with van der Waals surface area (Å²) in [5, 5.41) is 0. The van der Waals surface area contributed by atoms with Crippen LogP contribution >= 0.6 is 0 Å². The standard InChI is InChI=1S/C30H39NO/c1-20-5-8-24-17-25-11-13-28(4)26(21(2)6-7-23-12-16-31-19-22(23)3)9-10-27(28)30(25)15-14-29(24,18-20)32-30/h6-8,12,16-17,19-21,26-27H,5,9-11,13-15,18H2,1-4H3. The van der Waals surface area contributed by atoms with Crippen LogP contribution in [-0.2, 0) is 4.74 Å². The summed E-state index contributed by atoms with van der Waals surface area (Å²) in [6, 6.07) is 2.14. The molecule has 0 aromatic carbocycles. The molecule has 32 heavy (non-hydrogen) atoms. The molecule has 5 aliphatic rings. The first-order chi connectivity index (χ1) is 15.4. The quantitative estimate of drug-likeness (QED) is 0.498. The molecule has 1 saturated heterocycles. The molecule has 1 aromatic heterocycles. The monoisotopic (exact) mass is 429 g/mol. The number of rotatable bonds is 3. The van der Waals surface area contributed by atoms with Gasteiger partial charge in [-0.1, -0.05) is 45.1 Å². The predicted molar refractivity (Wildman–Crippen MR) is 131 cm³/mol. The van der Waals surface area contributed by atoms with Gasteiger partial charge in [0.15, 0.2) is 0 Å². The van der Waals surface area contributed by atoms with Crippen LogP contribution in [0.15, 0.2) is 47.8 Å². The summed E-state index contributed by atoms with van der Waals surface area (Å²) >= 11 is 0. The number of aromatic nitrogens is 1. The lowest BCUT2D eigenvalue weighted by molar-refractivity contribution is -0.148. The van der Waals surface area contributed by atoms with Crippen molar-refractivity contribution in [1.29, 1.82) is 0 Å². The average Bonchev–Trinajstić information content (AvgIpc) is 3.28. The van der Waals surface area contributed by atoms with Crippen molar-refractivity contribution in [3.8, 4) is 0 Å². The van der Waals surface area contributed by atoms with E-state index in [1.54, 1.807) is 5.57 Å². The third-order valence-electron chi connectivity index (χ3n) is 10.3. The predicted octanol–water partition coefficient (Wildman–Crippen LogP) is 7.45. The highest BCUT2D eigenvalue weighted by Crippen LogP contribution is 2.69. The van der Waals surface area contributed by atoms with E-state index < -0.39 is 0 Å². The molecule has 1 aromatic rings. The SMILES string of the molecule is Cc1cnccc1C=CC(C)C1CCC2C34CCC5(CC(C)CC=C5C=C3CCC12C)O4. The Balaban J connectivity index is 1.30. The van der Waals surface area contributed by atoms with E-state index in [0.717, 1.165) is 11.8 Å². The van der Waals surface area contributed by atoms with Crippen molar-refractivity contribution in [2.75, 3.05) is 0 Å². The maximum absolute atomic E-state index is 7.34. The number of pyridine rings is 1. The highest BCUT2D eigenvalue weighted by Gasteiger charge is 2.67. The van der Waals surface area contributed by atoms with Gasteiger partial charge in [-0.05, 0) is 116 Å². The first kappa shape index (κ1) is 20.9. The molecule has 2 bridgehead atoms. The summed E-state index contributed by atoms with van der Waals surface area (Å²) in [7, 11) is 0. The molecule has 2 heteroatoms. The second-order valence-corrected chi connectivity index (χ2v) is 12.1. The Morgan fingerprint density at radius 2 is 2.09 bits per heavy atom. The Labute approximate surface area is 194 Å². The van der Waals surface area contributed by atoms with Gasteiger partial charge in [0.05, 0.1) is 11.2 Å². The number of fused-ring (bicyclic) bond motifs is 1. The van der Waals surface area contributed by atoms with Gasteiger partial charge >= 0.3 is 0 Å². The molecular formula is C30H39NO. The molecule has 3 aliphatic carbocycles. The molecule has 2 nitrogen and oxygen atoms in total. The van der Waals surface area contributed by atoms with Crippen LogP contribution in [-0.4, -0.2) is 16.2 Å². The fourth-order valence-corrected chi connectivity index (χ4v) is 8.66. The lowest BCUT2D eigenvalue weighted by Crippen LogP contribution is -2.55. The second-order valence-electron chi connectivity index (χ2n) is 12.1. The minimum absolute atomic E-state index is 0.0290. The van der Waals surface area contributed by atoms with Crippen LogP contribution in [0.3, 0.4) is 0 Å². The van der Waals surface area contributed by atoms with Crippen molar-refractivity contribution >= 4 is 6.08 Å². The third-order valence-corrected chi connectivity index (χ3v) is 10.3. The fourth-order valence-electron chi connectivity index (χ4n) is 8.66. The Morgan fingerprint density at radius 3 is 2.94 bits per heavy atom. The Bertz CT molecular complexity index is 1020. The topological polar surface area (TPSA) is 22.1 Å². The van der Waals surface area contributed by atoms with Gasteiger partial charge in [-0.25, -0.2) is 0 Å². The van der Waals surface area contributed by atoms with E-state index >= 15 is 0 Å². The molecular weight excluding hydrogens is 390 g/mol. The van der Waals surface area contributed by atoms with Crippen LogP contribution < -0.4 is 0 Å². The van der Waals surface area contributed by atoms with Gasteiger partial charge in [-0.2, -0.15) is 0 Å². The molecule has 0 N–H and O–H groups in total. The maximum atomic E-state index is 7.34. The van der Waals surface area contributed by atoms with Crippen LogP contribution in [0, 0.1) is 36.0 Å². The minimum atomic E-state index is 0.0290. The van der Waals surface area contributed by atoms with E-state index in [9.17, 15) is 0 Å². The summed E-state index contributed by atoms with van der Waals surface area (Å²) in [6.45, 7) is 9.64. The summed E-state index contributed by atoms with van der Waals surface area (Å²) in [5.74, 6) is 2.75. The Morgan fingerprint density at radius 1 is 1.22 bits per heavy atom. The smallest absolute Gasteiger partial charge is 0.0944 e. The number of allylic oxidation sites excluding steroid dienone is 2. The number of aryl methyl sites for hydroxylation is 1. The highest BCUT2D eigenvalue weighted by molar-refractivity contribution is 5.52. The molecule has 3 fully saturated rings. The van der Waals surface area contributed by atoms with Crippen molar-refractivity contribution in [2.24, 2.45) is 29.1 Å². The first-order valence-corrected chi connectivity index (χ1v) is 13.1. The number of nitrogens with zero attached hydrogens (tertiary/aromatic N) is 1. The average molecular weight is 430 g/mol. The summed E-state index contributed by atoms with van der Waals surface area (Å²) in [5.41, 5.74) is 6.17. The van der Waals surface area contributed by atoms with Crippen LogP contribution in [0.25, 0.3) is 6.08 Å². The largest absolute Gasteiger partial charge is 0.359 e.